The highest BCUT2D eigenvalue weighted by Gasteiger charge is 2.28. The molecule has 0 N–H and O–H groups in total. The fourth-order valence-electron chi connectivity index (χ4n) is 2.25. The molecule has 0 saturated heterocycles. The highest BCUT2D eigenvalue weighted by Crippen LogP contribution is 2.21. The summed E-state index contributed by atoms with van der Waals surface area (Å²) in [5.74, 6) is 1.42. The SMILES string of the molecule is CCCCN1N=CN(CC(C)C)C1CC(C)C. The van der Waals surface area contributed by atoms with Crippen LogP contribution in [0.1, 0.15) is 53.9 Å². The first-order chi connectivity index (χ1) is 8.04. The van der Waals surface area contributed by atoms with Gasteiger partial charge in [0.15, 0.2) is 0 Å². The molecule has 1 rings (SSSR count). The van der Waals surface area contributed by atoms with Crippen molar-refractivity contribution >= 4 is 6.34 Å². The third-order valence-electron chi connectivity index (χ3n) is 3.07. The minimum Gasteiger partial charge on any atom is -0.339 e. The van der Waals surface area contributed by atoms with Gasteiger partial charge in [-0.2, -0.15) is 5.10 Å². The van der Waals surface area contributed by atoms with E-state index in [1.165, 1.54) is 19.3 Å². The molecule has 17 heavy (non-hydrogen) atoms. The Morgan fingerprint density at radius 2 is 1.88 bits per heavy atom. The van der Waals surface area contributed by atoms with Gasteiger partial charge in [0, 0.05) is 13.1 Å². The molecule has 0 aliphatic carbocycles. The van der Waals surface area contributed by atoms with E-state index in [1.807, 2.05) is 6.34 Å². The Bertz CT molecular complexity index is 236. The van der Waals surface area contributed by atoms with Crippen LogP contribution in [-0.2, 0) is 0 Å². The fraction of sp³-hybridized carbons (Fsp3) is 0.929. The molecule has 0 amide bonds. The number of rotatable bonds is 7. The van der Waals surface area contributed by atoms with Crippen LogP contribution in [-0.4, -0.2) is 35.5 Å². The molecule has 1 aliphatic rings. The van der Waals surface area contributed by atoms with Crippen LogP contribution in [0.3, 0.4) is 0 Å². The average molecular weight is 239 g/mol. The van der Waals surface area contributed by atoms with Crippen LogP contribution in [0, 0.1) is 11.8 Å². The van der Waals surface area contributed by atoms with E-state index in [4.69, 9.17) is 0 Å². The van der Waals surface area contributed by atoms with E-state index in [-0.39, 0.29) is 0 Å². The first-order valence-corrected chi connectivity index (χ1v) is 7.11. The minimum absolute atomic E-state index is 0.490. The highest BCUT2D eigenvalue weighted by molar-refractivity contribution is 5.57. The molecule has 3 nitrogen and oxygen atoms in total. The van der Waals surface area contributed by atoms with Gasteiger partial charge in [0.1, 0.15) is 12.5 Å². The fourth-order valence-corrected chi connectivity index (χ4v) is 2.25. The summed E-state index contributed by atoms with van der Waals surface area (Å²) >= 11 is 0. The van der Waals surface area contributed by atoms with Gasteiger partial charge >= 0.3 is 0 Å². The lowest BCUT2D eigenvalue weighted by molar-refractivity contribution is 0.101. The van der Waals surface area contributed by atoms with E-state index in [9.17, 15) is 0 Å². The maximum Gasteiger partial charge on any atom is 0.119 e. The smallest absolute Gasteiger partial charge is 0.119 e. The summed E-state index contributed by atoms with van der Waals surface area (Å²) in [5, 5.41) is 6.86. The van der Waals surface area contributed by atoms with Gasteiger partial charge in [-0.05, 0) is 24.7 Å². The monoisotopic (exact) mass is 239 g/mol. The lowest BCUT2D eigenvalue weighted by Gasteiger charge is -2.32. The molecule has 0 saturated carbocycles. The predicted molar refractivity (Wildman–Crippen MR) is 74.9 cm³/mol. The van der Waals surface area contributed by atoms with E-state index >= 15 is 0 Å². The van der Waals surface area contributed by atoms with E-state index in [2.05, 4.69) is 49.6 Å². The predicted octanol–water partition coefficient (Wildman–Crippen LogP) is 3.38. The van der Waals surface area contributed by atoms with Crippen molar-refractivity contribution < 1.29 is 0 Å². The lowest BCUT2D eigenvalue weighted by Crippen LogP contribution is -2.42. The zero-order chi connectivity index (χ0) is 12.8. The van der Waals surface area contributed by atoms with E-state index in [0.29, 0.717) is 12.1 Å². The third kappa shape index (κ3) is 4.57. The molecule has 0 aromatic carbocycles. The molecule has 100 valence electrons. The number of hydrazone groups is 1. The van der Waals surface area contributed by atoms with Gasteiger partial charge in [0.25, 0.3) is 0 Å². The normalized spacial score (nSPS) is 20.1. The third-order valence-corrected chi connectivity index (χ3v) is 3.07. The highest BCUT2D eigenvalue weighted by atomic mass is 15.6. The molecule has 0 bridgehead atoms. The Balaban J connectivity index is 2.57. The molecular formula is C14H29N3. The second kappa shape index (κ2) is 6.87. The first kappa shape index (κ1) is 14.3. The van der Waals surface area contributed by atoms with Gasteiger partial charge < -0.3 is 4.90 Å². The maximum absolute atomic E-state index is 4.58. The molecule has 1 aliphatic heterocycles. The quantitative estimate of drug-likeness (QED) is 0.678. The molecule has 3 heteroatoms. The molecule has 0 aromatic heterocycles. The summed E-state index contributed by atoms with van der Waals surface area (Å²) in [4.78, 5) is 2.42. The molecule has 0 aromatic rings. The summed E-state index contributed by atoms with van der Waals surface area (Å²) < 4.78 is 0. The van der Waals surface area contributed by atoms with Crippen molar-refractivity contribution in [3.8, 4) is 0 Å². The minimum atomic E-state index is 0.490. The van der Waals surface area contributed by atoms with Crippen LogP contribution < -0.4 is 0 Å². The molecule has 1 unspecified atom stereocenters. The van der Waals surface area contributed by atoms with Crippen LogP contribution >= 0.6 is 0 Å². The van der Waals surface area contributed by atoms with Crippen LogP contribution in [0.4, 0.5) is 0 Å². The summed E-state index contributed by atoms with van der Waals surface area (Å²) in [6.07, 6.45) is 6.22. The first-order valence-electron chi connectivity index (χ1n) is 7.11. The largest absolute Gasteiger partial charge is 0.339 e. The average Bonchev–Trinajstić information content (AvgIpc) is 2.57. The molecule has 0 fully saturated rings. The number of unbranched alkanes of at least 4 members (excludes halogenated alkanes) is 1. The Morgan fingerprint density at radius 1 is 1.18 bits per heavy atom. The topological polar surface area (TPSA) is 18.8 Å². The number of hydrogen-bond donors (Lipinski definition) is 0. The van der Waals surface area contributed by atoms with Gasteiger partial charge in [-0.25, -0.2) is 0 Å². The van der Waals surface area contributed by atoms with E-state index < -0.39 is 0 Å². The van der Waals surface area contributed by atoms with Crippen LogP contribution in [0.5, 0.6) is 0 Å². The Morgan fingerprint density at radius 3 is 2.41 bits per heavy atom. The van der Waals surface area contributed by atoms with Crippen LogP contribution in [0.15, 0.2) is 5.10 Å². The van der Waals surface area contributed by atoms with Gasteiger partial charge in [0.2, 0.25) is 0 Å². The molecule has 0 spiro atoms. The lowest BCUT2D eigenvalue weighted by atomic mass is 10.1. The Hall–Kier alpha value is -0.730. The van der Waals surface area contributed by atoms with Crippen molar-refractivity contribution in [3.05, 3.63) is 0 Å². The van der Waals surface area contributed by atoms with Crippen molar-refractivity contribution in [1.29, 1.82) is 0 Å². The second-order valence-corrected chi connectivity index (χ2v) is 5.95. The second-order valence-electron chi connectivity index (χ2n) is 5.95. The summed E-state index contributed by atoms with van der Waals surface area (Å²) in [7, 11) is 0. The summed E-state index contributed by atoms with van der Waals surface area (Å²) in [6.45, 7) is 13.6. The zero-order valence-corrected chi connectivity index (χ0v) is 12.2. The van der Waals surface area contributed by atoms with Crippen molar-refractivity contribution in [1.82, 2.24) is 9.91 Å². The maximum atomic E-state index is 4.58. The van der Waals surface area contributed by atoms with Gasteiger partial charge in [-0.3, -0.25) is 5.01 Å². The van der Waals surface area contributed by atoms with E-state index in [0.717, 1.165) is 19.0 Å². The van der Waals surface area contributed by atoms with Crippen LogP contribution in [0.2, 0.25) is 0 Å². The molecule has 1 atom stereocenters. The van der Waals surface area contributed by atoms with Gasteiger partial charge in [0.05, 0.1) is 0 Å². The molecule has 0 radical (unpaired) electrons. The van der Waals surface area contributed by atoms with Crippen molar-refractivity contribution in [2.24, 2.45) is 16.9 Å². The molecular weight excluding hydrogens is 210 g/mol. The summed E-state index contributed by atoms with van der Waals surface area (Å²) in [6, 6.07) is 0. The zero-order valence-electron chi connectivity index (χ0n) is 12.2. The van der Waals surface area contributed by atoms with E-state index in [1.54, 1.807) is 0 Å². The van der Waals surface area contributed by atoms with Crippen molar-refractivity contribution in [3.63, 3.8) is 0 Å². The van der Waals surface area contributed by atoms with Gasteiger partial charge in [-0.1, -0.05) is 41.0 Å². The number of nitrogens with zero attached hydrogens (tertiary/aromatic N) is 3. The van der Waals surface area contributed by atoms with Crippen molar-refractivity contribution in [2.75, 3.05) is 13.1 Å². The number of hydrogen-bond acceptors (Lipinski definition) is 3. The van der Waals surface area contributed by atoms with Gasteiger partial charge in [-0.15, -0.1) is 0 Å². The Kier molecular flexibility index (Phi) is 5.79. The summed E-state index contributed by atoms with van der Waals surface area (Å²) in [5.41, 5.74) is 0. The van der Waals surface area contributed by atoms with Crippen LogP contribution in [0.25, 0.3) is 0 Å². The Labute approximate surface area is 107 Å². The standard InChI is InChI=1S/C14H29N3/c1-6-7-8-17-14(9-12(2)3)16(11-15-17)10-13(4)5/h11-14H,6-10H2,1-5H3. The van der Waals surface area contributed by atoms with Crippen molar-refractivity contribution in [2.45, 2.75) is 60.0 Å². The molecule has 1 heterocycles.